The molecule has 0 saturated carbocycles. The topological polar surface area (TPSA) is 29.5 Å². The van der Waals surface area contributed by atoms with Gasteiger partial charge in [-0.25, -0.2) is 4.39 Å². The summed E-state index contributed by atoms with van der Waals surface area (Å²) in [5.74, 6) is 0.119. The molecule has 0 heterocycles. The number of ether oxygens (including phenoxy) is 1. The molecular formula is C24H31FO2. The van der Waals surface area contributed by atoms with Crippen LogP contribution in [0.5, 0.6) is 5.75 Å². The summed E-state index contributed by atoms with van der Waals surface area (Å²) in [4.78, 5) is 0. The summed E-state index contributed by atoms with van der Waals surface area (Å²) in [5, 5.41) is 11.7. The van der Waals surface area contributed by atoms with Crippen LogP contribution in [0.2, 0.25) is 0 Å². The minimum Gasteiger partial charge on any atom is -0.497 e. The molecule has 3 heteroatoms. The van der Waals surface area contributed by atoms with Crippen LogP contribution in [0.25, 0.3) is 0 Å². The van der Waals surface area contributed by atoms with Crippen molar-refractivity contribution in [1.29, 1.82) is 0 Å². The van der Waals surface area contributed by atoms with Crippen molar-refractivity contribution in [3.05, 3.63) is 65.0 Å². The van der Waals surface area contributed by atoms with E-state index < -0.39 is 6.10 Å². The third kappa shape index (κ3) is 3.75. The number of hydrogen-bond donors (Lipinski definition) is 1. The van der Waals surface area contributed by atoms with Gasteiger partial charge in [0.2, 0.25) is 0 Å². The number of fused-ring (bicyclic) bond motifs is 1. The maximum absolute atomic E-state index is 14.8. The molecule has 0 aliphatic heterocycles. The van der Waals surface area contributed by atoms with Gasteiger partial charge in [-0.15, -0.1) is 0 Å². The Balaban J connectivity index is 2.18. The fourth-order valence-corrected chi connectivity index (χ4v) is 4.70. The van der Waals surface area contributed by atoms with Crippen molar-refractivity contribution in [2.75, 3.05) is 7.11 Å². The smallest absolute Gasteiger partial charge is 0.127 e. The van der Waals surface area contributed by atoms with Gasteiger partial charge in [-0.1, -0.05) is 51.0 Å². The van der Waals surface area contributed by atoms with E-state index in [1.54, 1.807) is 13.2 Å². The van der Waals surface area contributed by atoms with Gasteiger partial charge >= 0.3 is 0 Å². The number of halogens is 1. The van der Waals surface area contributed by atoms with Gasteiger partial charge in [0.15, 0.2) is 0 Å². The fourth-order valence-electron chi connectivity index (χ4n) is 4.70. The number of aliphatic hydroxyl groups is 1. The second kappa shape index (κ2) is 8.43. The van der Waals surface area contributed by atoms with Crippen LogP contribution in [-0.4, -0.2) is 18.3 Å². The monoisotopic (exact) mass is 370 g/mol. The van der Waals surface area contributed by atoms with Crippen LogP contribution in [0.15, 0.2) is 42.5 Å². The summed E-state index contributed by atoms with van der Waals surface area (Å²) >= 11 is 0. The van der Waals surface area contributed by atoms with Crippen molar-refractivity contribution in [3.8, 4) is 5.75 Å². The molecule has 0 spiro atoms. The first-order chi connectivity index (χ1) is 13.1. The Morgan fingerprint density at radius 2 is 1.93 bits per heavy atom. The Hall–Kier alpha value is -1.87. The number of aryl methyl sites for hydroxylation is 1. The predicted octanol–water partition coefficient (Wildman–Crippen LogP) is 5.86. The van der Waals surface area contributed by atoms with Gasteiger partial charge in [0, 0.05) is 5.92 Å². The molecule has 2 nitrogen and oxygen atoms in total. The van der Waals surface area contributed by atoms with E-state index in [-0.39, 0.29) is 17.2 Å². The summed E-state index contributed by atoms with van der Waals surface area (Å²) in [5.41, 5.74) is 2.57. The number of rotatable bonds is 6. The average molecular weight is 371 g/mol. The molecule has 1 aliphatic carbocycles. The van der Waals surface area contributed by atoms with Gasteiger partial charge in [0.1, 0.15) is 11.6 Å². The van der Waals surface area contributed by atoms with Crippen molar-refractivity contribution >= 4 is 0 Å². The van der Waals surface area contributed by atoms with Gasteiger partial charge in [-0.3, -0.25) is 0 Å². The maximum Gasteiger partial charge on any atom is 0.127 e. The Morgan fingerprint density at radius 3 is 2.59 bits per heavy atom. The summed E-state index contributed by atoms with van der Waals surface area (Å²) in [6.07, 6.45) is 5.24. The molecule has 2 aromatic rings. The number of unbranched alkanes of at least 4 members (excludes halogenated alkanes) is 1. The van der Waals surface area contributed by atoms with E-state index >= 15 is 0 Å². The van der Waals surface area contributed by atoms with Gasteiger partial charge in [-0.2, -0.15) is 0 Å². The molecule has 0 radical (unpaired) electrons. The Morgan fingerprint density at radius 1 is 1.15 bits per heavy atom. The van der Waals surface area contributed by atoms with Crippen molar-refractivity contribution in [2.24, 2.45) is 5.41 Å². The zero-order valence-electron chi connectivity index (χ0n) is 16.7. The van der Waals surface area contributed by atoms with E-state index in [0.29, 0.717) is 5.56 Å². The van der Waals surface area contributed by atoms with Gasteiger partial charge in [-0.05, 0) is 66.0 Å². The Kier molecular flexibility index (Phi) is 6.21. The lowest BCUT2D eigenvalue weighted by atomic mass is 9.67. The zero-order valence-corrected chi connectivity index (χ0v) is 16.7. The molecule has 27 heavy (non-hydrogen) atoms. The molecule has 0 unspecified atom stereocenters. The number of methoxy groups -OCH3 is 1. The van der Waals surface area contributed by atoms with E-state index in [2.05, 4.69) is 19.9 Å². The highest BCUT2D eigenvalue weighted by atomic mass is 19.1. The SMILES string of the molecule is CCCC[C@]1(CC)CCc2ccc(OC)cc2[C@@H](c2ccccc2F)[C@H]1O. The molecule has 3 rings (SSSR count). The third-order valence-corrected chi connectivity index (χ3v) is 6.50. The minimum atomic E-state index is -0.626. The van der Waals surface area contributed by atoms with Gasteiger partial charge in [0.05, 0.1) is 13.2 Å². The first-order valence-electron chi connectivity index (χ1n) is 10.2. The molecule has 0 saturated heterocycles. The molecule has 1 aliphatic rings. The summed E-state index contributed by atoms with van der Waals surface area (Å²) in [6.45, 7) is 4.34. The summed E-state index contributed by atoms with van der Waals surface area (Å²) in [6, 6.07) is 12.9. The lowest BCUT2D eigenvalue weighted by Gasteiger charge is -2.40. The molecule has 0 amide bonds. The van der Waals surface area contributed by atoms with E-state index in [1.807, 2.05) is 24.3 Å². The molecule has 146 valence electrons. The standard InChI is InChI=1S/C24H31FO2/c1-4-6-14-24(5-2)15-13-17-11-12-18(27-3)16-20(17)22(23(24)26)19-9-7-8-10-21(19)25/h7-12,16,22-23,26H,4-6,13-15H2,1-3H3/t22-,23-,24-/m1/s1. The quantitative estimate of drug-likeness (QED) is 0.645. The Bertz CT molecular complexity index is 773. The molecule has 0 aromatic heterocycles. The maximum atomic E-state index is 14.8. The van der Waals surface area contributed by atoms with Gasteiger partial charge in [0.25, 0.3) is 0 Å². The molecule has 3 atom stereocenters. The summed E-state index contributed by atoms with van der Waals surface area (Å²) in [7, 11) is 1.64. The molecule has 0 fully saturated rings. The first kappa shape index (κ1) is 19.9. The minimum absolute atomic E-state index is 0.199. The van der Waals surface area contributed by atoms with E-state index in [4.69, 9.17) is 4.74 Å². The molecule has 0 bridgehead atoms. The number of benzene rings is 2. The van der Waals surface area contributed by atoms with Crippen LogP contribution in [0.1, 0.15) is 68.6 Å². The van der Waals surface area contributed by atoms with Crippen LogP contribution in [0, 0.1) is 11.2 Å². The van der Waals surface area contributed by atoms with Crippen molar-refractivity contribution in [1.82, 2.24) is 0 Å². The lowest BCUT2D eigenvalue weighted by molar-refractivity contribution is -0.00217. The van der Waals surface area contributed by atoms with Crippen molar-refractivity contribution < 1.29 is 14.2 Å². The van der Waals surface area contributed by atoms with Crippen molar-refractivity contribution in [3.63, 3.8) is 0 Å². The second-order valence-corrected chi connectivity index (χ2v) is 7.83. The van der Waals surface area contributed by atoms with Crippen LogP contribution >= 0.6 is 0 Å². The third-order valence-electron chi connectivity index (χ3n) is 6.50. The average Bonchev–Trinajstić information content (AvgIpc) is 2.81. The van der Waals surface area contributed by atoms with E-state index in [1.165, 1.54) is 11.6 Å². The highest BCUT2D eigenvalue weighted by Gasteiger charge is 2.44. The van der Waals surface area contributed by atoms with E-state index in [9.17, 15) is 9.50 Å². The van der Waals surface area contributed by atoms with Crippen LogP contribution in [0.4, 0.5) is 4.39 Å². The molecular weight excluding hydrogens is 339 g/mol. The van der Waals surface area contributed by atoms with E-state index in [0.717, 1.165) is 49.8 Å². The van der Waals surface area contributed by atoms with Crippen LogP contribution in [-0.2, 0) is 6.42 Å². The van der Waals surface area contributed by atoms with Gasteiger partial charge < -0.3 is 9.84 Å². The number of hydrogen-bond acceptors (Lipinski definition) is 2. The predicted molar refractivity (Wildman–Crippen MR) is 108 cm³/mol. The molecule has 1 N–H and O–H groups in total. The summed E-state index contributed by atoms with van der Waals surface area (Å²) < 4.78 is 20.3. The highest BCUT2D eigenvalue weighted by Crippen LogP contribution is 2.49. The number of aliphatic hydroxyl groups excluding tert-OH is 1. The van der Waals surface area contributed by atoms with Crippen LogP contribution < -0.4 is 4.74 Å². The Labute approximate surface area is 162 Å². The normalized spacial score (nSPS) is 24.9. The van der Waals surface area contributed by atoms with Crippen molar-refractivity contribution in [2.45, 2.75) is 64.4 Å². The lowest BCUT2D eigenvalue weighted by Crippen LogP contribution is -2.39. The van der Waals surface area contributed by atoms with Crippen LogP contribution in [0.3, 0.4) is 0 Å². The molecule has 2 aromatic carbocycles. The first-order valence-corrected chi connectivity index (χ1v) is 10.2. The largest absolute Gasteiger partial charge is 0.497 e. The zero-order chi connectivity index (χ0) is 19.4. The fraction of sp³-hybridized carbons (Fsp3) is 0.500. The highest BCUT2D eigenvalue weighted by molar-refractivity contribution is 5.45. The second-order valence-electron chi connectivity index (χ2n) is 7.83.